The number of esters is 1. The predicted octanol–water partition coefficient (Wildman–Crippen LogP) is 4.18. The highest BCUT2D eigenvalue weighted by atomic mass is 35.5. The molecule has 23 heavy (non-hydrogen) atoms. The summed E-state index contributed by atoms with van der Waals surface area (Å²) >= 11 is 0. The van der Waals surface area contributed by atoms with Crippen LogP contribution in [-0.4, -0.2) is 19.1 Å². The van der Waals surface area contributed by atoms with E-state index >= 15 is 0 Å². The third kappa shape index (κ3) is 5.70. The molecule has 2 atom stereocenters. The number of halogens is 1. The molecule has 3 nitrogen and oxygen atoms in total. The lowest BCUT2D eigenvalue weighted by molar-refractivity contribution is 0.0600. The number of ether oxygens (including phenoxy) is 1. The number of carbonyl (C=O) groups excluding carboxylic acids is 1. The summed E-state index contributed by atoms with van der Waals surface area (Å²) in [5, 5.41) is 3.60. The highest BCUT2D eigenvalue weighted by molar-refractivity contribution is 5.89. The monoisotopic (exact) mass is 333 g/mol. The van der Waals surface area contributed by atoms with Crippen LogP contribution in [0.2, 0.25) is 0 Å². The molecule has 124 valence electrons. The number of nitrogens with one attached hydrogen (secondary N) is 1. The Morgan fingerprint density at radius 1 is 1.04 bits per heavy atom. The molecule has 0 bridgehead atoms. The molecular formula is C19H24ClNO2. The van der Waals surface area contributed by atoms with Gasteiger partial charge in [0.2, 0.25) is 0 Å². The lowest BCUT2D eigenvalue weighted by Gasteiger charge is -2.20. The van der Waals surface area contributed by atoms with E-state index in [1.807, 2.05) is 30.3 Å². The maximum atomic E-state index is 11.4. The summed E-state index contributed by atoms with van der Waals surface area (Å²) in [4.78, 5) is 11.4. The molecule has 0 spiro atoms. The first kappa shape index (κ1) is 19.2. The van der Waals surface area contributed by atoms with Gasteiger partial charge in [-0.2, -0.15) is 0 Å². The second kappa shape index (κ2) is 9.33. The van der Waals surface area contributed by atoms with E-state index in [9.17, 15) is 4.79 Å². The molecule has 0 saturated heterocycles. The Kier molecular flexibility index (Phi) is 7.79. The van der Waals surface area contributed by atoms with Crippen LogP contribution in [-0.2, 0) is 11.2 Å². The number of rotatable bonds is 6. The molecule has 0 saturated carbocycles. The van der Waals surface area contributed by atoms with E-state index in [0.29, 0.717) is 17.6 Å². The molecule has 0 fully saturated rings. The molecule has 2 aromatic carbocycles. The molecule has 0 amide bonds. The number of benzene rings is 2. The van der Waals surface area contributed by atoms with Crippen molar-refractivity contribution in [1.29, 1.82) is 0 Å². The minimum absolute atomic E-state index is 0. The molecule has 0 aliphatic heterocycles. The zero-order chi connectivity index (χ0) is 15.9. The van der Waals surface area contributed by atoms with Crippen LogP contribution in [0, 0.1) is 0 Å². The van der Waals surface area contributed by atoms with E-state index in [4.69, 9.17) is 4.74 Å². The van der Waals surface area contributed by atoms with E-state index < -0.39 is 0 Å². The first-order valence-corrected chi connectivity index (χ1v) is 7.58. The maximum Gasteiger partial charge on any atom is 0.337 e. The summed E-state index contributed by atoms with van der Waals surface area (Å²) in [6, 6.07) is 18.7. The van der Waals surface area contributed by atoms with Crippen LogP contribution in [0.25, 0.3) is 0 Å². The fraction of sp³-hybridized carbons (Fsp3) is 0.316. The minimum atomic E-state index is -0.296. The van der Waals surface area contributed by atoms with Crippen molar-refractivity contribution in [2.24, 2.45) is 0 Å². The molecular weight excluding hydrogens is 310 g/mol. The van der Waals surface area contributed by atoms with Crippen molar-refractivity contribution in [2.45, 2.75) is 32.4 Å². The van der Waals surface area contributed by atoms with Gasteiger partial charge >= 0.3 is 5.97 Å². The fourth-order valence-electron chi connectivity index (χ4n) is 2.57. The van der Waals surface area contributed by atoms with Gasteiger partial charge in [0, 0.05) is 12.1 Å². The second-order valence-corrected chi connectivity index (χ2v) is 5.59. The van der Waals surface area contributed by atoms with Crippen LogP contribution in [0.1, 0.15) is 41.4 Å². The Labute approximate surface area is 144 Å². The Hall–Kier alpha value is -1.84. The summed E-state index contributed by atoms with van der Waals surface area (Å²) in [5.74, 6) is -0.296. The summed E-state index contributed by atoms with van der Waals surface area (Å²) in [6.45, 7) is 4.35. The van der Waals surface area contributed by atoms with E-state index in [0.717, 1.165) is 6.42 Å². The molecule has 0 heterocycles. The molecule has 0 aromatic heterocycles. The van der Waals surface area contributed by atoms with Crippen molar-refractivity contribution < 1.29 is 9.53 Å². The lowest BCUT2D eigenvalue weighted by atomic mass is 10.0. The highest BCUT2D eigenvalue weighted by Crippen LogP contribution is 2.14. The standard InChI is InChI=1S/C19H23NO2.ClH/c1-14(20-15(2)17-7-5-4-6-8-17)13-16-9-11-18(12-10-16)19(21)22-3;/h4-12,14-15,20H,13H2,1-3H3;1H. The number of hydrogen-bond acceptors (Lipinski definition) is 3. The van der Waals surface area contributed by atoms with Crippen LogP contribution in [0.15, 0.2) is 54.6 Å². The Balaban J connectivity index is 0.00000264. The number of hydrogen-bond donors (Lipinski definition) is 1. The molecule has 0 aliphatic carbocycles. The Bertz CT molecular complexity index is 599. The van der Waals surface area contributed by atoms with Crippen molar-refractivity contribution in [3.05, 3.63) is 71.3 Å². The number of methoxy groups -OCH3 is 1. The third-order valence-electron chi connectivity index (χ3n) is 3.75. The smallest absolute Gasteiger partial charge is 0.337 e. The van der Waals surface area contributed by atoms with Crippen molar-refractivity contribution in [1.82, 2.24) is 5.32 Å². The van der Waals surface area contributed by atoms with Crippen molar-refractivity contribution in [3.63, 3.8) is 0 Å². The molecule has 2 rings (SSSR count). The van der Waals surface area contributed by atoms with Gasteiger partial charge < -0.3 is 10.1 Å². The van der Waals surface area contributed by atoms with Crippen LogP contribution in [0.5, 0.6) is 0 Å². The Morgan fingerprint density at radius 2 is 1.65 bits per heavy atom. The number of carbonyl (C=O) groups is 1. The topological polar surface area (TPSA) is 38.3 Å². The zero-order valence-electron chi connectivity index (χ0n) is 13.8. The predicted molar refractivity (Wildman–Crippen MR) is 96.2 cm³/mol. The van der Waals surface area contributed by atoms with Crippen LogP contribution in [0.3, 0.4) is 0 Å². The summed E-state index contributed by atoms with van der Waals surface area (Å²) < 4.78 is 4.71. The summed E-state index contributed by atoms with van der Waals surface area (Å²) in [5.41, 5.74) is 3.08. The molecule has 1 N–H and O–H groups in total. The molecule has 0 aliphatic rings. The van der Waals surface area contributed by atoms with E-state index in [1.54, 1.807) is 0 Å². The molecule has 0 radical (unpaired) electrons. The third-order valence-corrected chi connectivity index (χ3v) is 3.75. The van der Waals surface area contributed by atoms with Gasteiger partial charge in [-0.1, -0.05) is 42.5 Å². The quantitative estimate of drug-likeness (QED) is 0.806. The van der Waals surface area contributed by atoms with Gasteiger partial charge in [-0.05, 0) is 43.5 Å². The highest BCUT2D eigenvalue weighted by Gasteiger charge is 2.10. The normalized spacial score (nSPS) is 12.8. The van der Waals surface area contributed by atoms with Crippen molar-refractivity contribution in [3.8, 4) is 0 Å². The average molecular weight is 334 g/mol. The largest absolute Gasteiger partial charge is 0.465 e. The van der Waals surface area contributed by atoms with Crippen molar-refractivity contribution >= 4 is 18.4 Å². The molecule has 2 unspecified atom stereocenters. The Morgan fingerprint density at radius 3 is 2.22 bits per heavy atom. The maximum absolute atomic E-state index is 11.4. The SMILES string of the molecule is COC(=O)c1ccc(CC(C)NC(C)c2ccccc2)cc1.Cl. The fourth-order valence-corrected chi connectivity index (χ4v) is 2.57. The molecule has 2 aromatic rings. The van der Waals surface area contributed by atoms with Gasteiger partial charge in [0.15, 0.2) is 0 Å². The summed E-state index contributed by atoms with van der Waals surface area (Å²) in [6.07, 6.45) is 0.915. The summed E-state index contributed by atoms with van der Waals surface area (Å²) in [7, 11) is 1.40. The van der Waals surface area contributed by atoms with Crippen LogP contribution >= 0.6 is 12.4 Å². The first-order valence-electron chi connectivity index (χ1n) is 7.58. The van der Waals surface area contributed by atoms with Crippen LogP contribution < -0.4 is 5.32 Å². The van der Waals surface area contributed by atoms with E-state index in [2.05, 4.69) is 43.4 Å². The second-order valence-electron chi connectivity index (χ2n) is 5.59. The van der Waals surface area contributed by atoms with Gasteiger partial charge in [0.1, 0.15) is 0 Å². The molecule has 4 heteroatoms. The van der Waals surface area contributed by atoms with Crippen molar-refractivity contribution in [2.75, 3.05) is 7.11 Å². The lowest BCUT2D eigenvalue weighted by Crippen LogP contribution is -2.30. The van der Waals surface area contributed by atoms with Gasteiger partial charge in [-0.25, -0.2) is 4.79 Å². The minimum Gasteiger partial charge on any atom is -0.465 e. The van der Waals surface area contributed by atoms with E-state index in [1.165, 1.54) is 18.2 Å². The van der Waals surface area contributed by atoms with Gasteiger partial charge in [0.25, 0.3) is 0 Å². The van der Waals surface area contributed by atoms with E-state index in [-0.39, 0.29) is 18.4 Å². The first-order chi connectivity index (χ1) is 10.6. The van der Waals surface area contributed by atoms with Gasteiger partial charge in [-0.15, -0.1) is 12.4 Å². The average Bonchev–Trinajstić information content (AvgIpc) is 2.55. The zero-order valence-corrected chi connectivity index (χ0v) is 14.6. The van der Waals surface area contributed by atoms with Crippen LogP contribution in [0.4, 0.5) is 0 Å². The van der Waals surface area contributed by atoms with Gasteiger partial charge in [0.05, 0.1) is 12.7 Å². The van der Waals surface area contributed by atoms with Gasteiger partial charge in [-0.3, -0.25) is 0 Å².